The predicted molar refractivity (Wildman–Crippen MR) is 108 cm³/mol. The predicted octanol–water partition coefficient (Wildman–Crippen LogP) is 3.43. The van der Waals surface area contributed by atoms with Gasteiger partial charge in [-0.2, -0.15) is 4.98 Å². The molecular formula is C21H30N4O4. The molecule has 0 aliphatic carbocycles. The van der Waals surface area contributed by atoms with E-state index in [9.17, 15) is 4.79 Å². The van der Waals surface area contributed by atoms with E-state index < -0.39 is 5.60 Å². The minimum absolute atomic E-state index is 0.0732. The Hall–Kier alpha value is -2.61. The first-order valence-electron chi connectivity index (χ1n) is 9.97. The third-order valence-electron chi connectivity index (χ3n) is 4.80. The van der Waals surface area contributed by atoms with Crippen LogP contribution in [0.15, 0.2) is 28.8 Å². The maximum absolute atomic E-state index is 12.7. The van der Waals surface area contributed by atoms with Crippen LogP contribution in [0.1, 0.15) is 51.0 Å². The number of aryl methyl sites for hydroxylation is 1. The normalized spacial score (nSPS) is 18.0. The lowest BCUT2D eigenvalue weighted by Crippen LogP contribution is -2.51. The highest BCUT2D eigenvalue weighted by Gasteiger charge is 2.34. The number of hydrogen-bond acceptors (Lipinski definition) is 7. The third kappa shape index (κ3) is 5.26. The molecule has 1 aliphatic heterocycles. The number of carbonyl (C=O) groups is 1. The van der Waals surface area contributed by atoms with Gasteiger partial charge >= 0.3 is 6.09 Å². The zero-order valence-corrected chi connectivity index (χ0v) is 17.8. The number of para-hydroxylation sites is 1. The molecule has 1 aliphatic rings. The van der Waals surface area contributed by atoms with Crippen LogP contribution < -0.4 is 4.74 Å². The lowest BCUT2D eigenvalue weighted by Gasteiger charge is -2.41. The molecule has 1 atom stereocenters. The zero-order chi connectivity index (χ0) is 21.0. The Morgan fingerprint density at radius 3 is 2.69 bits per heavy atom. The largest absolute Gasteiger partial charge is 0.496 e. The van der Waals surface area contributed by atoms with Crippen LogP contribution in [0.4, 0.5) is 4.79 Å². The van der Waals surface area contributed by atoms with Crippen LogP contribution >= 0.6 is 0 Å². The number of nitrogens with zero attached hydrogens (tertiary/aromatic N) is 4. The second-order valence-electron chi connectivity index (χ2n) is 8.11. The Bertz CT molecular complexity index is 830. The zero-order valence-electron chi connectivity index (χ0n) is 17.8. The monoisotopic (exact) mass is 402 g/mol. The highest BCUT2D eigenvalue weighted by Crippen LogP contribution is 2.33. The Balaban J connectivity index is 1.85. The maximum atomic E-state index is 12.7. The molecule has 0 unspecified atom stereocenters. The second-order valence-corrected chi connectivity index (χ2v) is 8.11. The van der Waals surface area contributed by atoms with Crippen molar-refractivity contribution in [2.24, 2.45) is 0 Å². The highest BCUT2D eigenvalue weighted by atomic mass is 16.6. The molecule has 1 aromatic heterocycles. The number of benzene rings is 1. The van der Waals surface area contributed by atoms with Gasteiger partial charge in [0.1, 0.15) is 11.4 Å². The summed E-state index contributed by atoms with van der Waals surface area (Å²) in [7, 11) is 1.66. The number of carbonyl (C=O) groups excluding carboxylic acids is 1. The van der Waals surface area contributed by atoms with E-state index >= 15 is 0 Å². The van der Waals surface area contributed by atoms with Crippen molar-refractivity contribution in [3.05, 3.63) is 41.5 Å². The summed E-state index contributed by atoms with van der Waals surface area (Å²) in [6.45, 7) is 9.87. The topological polar surface area (TPSA) is 80.9 Å². The molecule has 2 heterocycles. The smallest absolute Gasteiger partial charge is 0.410 e. The number of ether oxygens (including phenoxy) is 2. The minimum atomic E-state index is -0.532. The lowest BCUT2D eigenvalue weighted by atomic mass is 10.0. The first-order chi connectivity index (χ1) is 13.8. The number of hydrogen-bond donors (Lipinski definition) is 0. The summed E-state index contributed by atoms with van der Waals surface area (Å²) < 4.78 is 16.4. The molecular weight excluding hydrogens is 372 g/mol. The van der Waals surface area contributed by atoms with E-state index in [4.69, 9.17) is 14.0 Å². The summed E-state index contributed by atoms with van der Waals surface area (Å²) in [5.74, 6) is 2.06. The molecule has 1 fully saturated rings. The van der Waals surface area contributed by atoms with E-state index in [1.807, 2.05) is 52.0 Å². The van der Waals surface area contributed by atoms with E-state index in [2.05, 4.69) is 15.0 Å². The molecule has 2 aromatic rings. The van der Waals surface area contributed by atoms with Crippen molar-refractivity contribution in [3.63, 3.8) is 0 Å². The van der Waals surface area contributed by atoms with Crippen LogP contribution in [-0.4, -0.2) is 58.4 Å². The lowest BCUT2D eigenvalue weighted by molar-refractivity contribution is 0.00124. The Kier molecular flexibility index (Phi) is 6.42. The summed E-state index contributed by atoms with van der Waals surface area (Å²) in [5, 5.41) is 4.09. The standard InChI is InChI=1S/C21H30N4O4/c1-6-19-22-18(23-29-19)14-24-11-12-25(20(26)28-21(2,3)4)13-16(24)15-9-7-8-10-17(15)27-5/h7-10,16H,6,11-14H2,1-5H3/t16-/m0/s1. The Morgan fingerprint density at radius 2 is 2.03 bits per heavy atom. The van der Waals surface area contributed by atoms with Crippen LogP contribution in [0.2, 0.25) is 0 Å². The summed E-state index contributed by atoms with van der Waals surface area (Å²) >= 11 is 0. The van der Waals surface area contributed by atoms with Crippen LogP contribution in [0, 0.1) is 0 Å². The molecule has 0 saturated carbocycles. The van der Waals surface area contributed by atoms with Crippen molar-refractivity contribution >= 4 is 6.09 Å². The first-order valence-corrected chi connectivity index (χ1v) is 9.97. The van der Waals surface area contributed by atoms with Gasteiger partial charge in [0, 0.05) is 31.6 Å². The molecule has 1 aromatic carbocycles. The fourth-order valence-electron chi connectivity index (χ4n) is 3.42. The number of methoxy groups -OCH3 is 1. The fourth-order valence-corrected chi connectivity index (χ4v) is 3.42. The SMILES string of the molecule is CCc1nc(CN2CCN(C(=O)OC(C)(C)C)C[C@H]2c2ccccc2OC)no1. The number of piperazine rings is 1. The van der Waals surface area contributed by atoms with Gasteiger partial charge in [0.2, 0.25) is 5.89 Å². The van der Waals surface area contributed by atoms with E-state index in [-0.39, 0.29) is 12.1 Å². The van der Waals surface area contributed by atoms with Crippen LogP contribution in [0.5, 0.6) is 5.75 Å². The molecule has 0 spiro atoms. The Labute approximate surface area is 171 Å². The summed E-state index contributed by atoms with van der Waals surface area (Å²) in [4.78, 5) is 21.1. The first kappa shape index (κ1) is 21.1. The maximum Gasteiger partial charge on any atom is 0.410 e. The van der Waals surface area contributed by atoms with Crippen molar-refractivity contribution in [1.29, 1.82) is 0 Å². The summed E-state index contributed by atoms with van der Waals surface area (Å²) in [5.41, 5.74) is 0.484. The van der Waals surface area contributed by atoms with Gasteiger partial charge in [-0.3, -0.25) is 4.90 Å². The van der Waals surface area contributed by atoms with Gasteiger partial charge in [0.15, 0.2) is 5.82 Å². The molecule has 3 rings (SSSR count). The number of rotatable bonds is 5. The van der Waals surface area contributed by atoms with Crippen LogP contribution in [0.3, 0.4) is 0 Å². The van der Waals surface area contributed by atoms with Crippen molar-refractivity contribution < 1.29 is 18.8 Å². The van der Waals surface area contributed by atoms with Gasteiger partial charge in [0.25, 0.3) is 0 Å². The molecule has 8 nitrogen and oxygen atoms in total. The molecule has 0 bridgehead atoms. The van der Waals surface area contributed by atoms with Crippen LogP contribution in [-0.2, 0) is 17.7 Å². The van der Waals surface area contributed by atoms with E-state index in [1.165, 1.54) is 0 Å². The molecule has 1 amide bonds. The number of amides is 1. The van der Waals surface area contributed by atoms with Crippen molar-refractivity contribution in [2.75, 3.05) is 26.7 Å². The summed E-state index contributed by atoms with van der Waals surface area (Å²) in [6.07, 6.45) is 0.403. The quantitative estimate of drug-likeness (QED) is 0.758. The highest BCUT2D eigenvalue weighted by molar-refractivity contribution is 5.68. The molecule has 8 heteroatoms. The van der Waals surface area contributed by atoms with Crippen molar-refractivity contribution in [3.8, 4) is 5.75 Å². The average molecular weight is 402 g/mol. The summed E-state index contributed by atoms with van der Waals surface area (Å²) in [6, 6.07) is 7.81. The van der Waals surface area contributed by atoms with Crippen LogP contribution in [0.25, 0.3) is 0 Å². The van der Waals surface area contributed by atoms with E-state index in [0.717, 1.165) is 11.3 Å². The molecule has 1 saturated heterocycles. The minimum Gasteiger partial charge on any atom is -0.496 e. The van der Waals surface area contributed by atoms with E-state index in [1.54, 1.807) is 12.0 Å². The van der Waals surface area contributed by atoms with Gasteiger partial charge in [-0.15, -0.1) is 0 Å². The van der Waals surface area contributed by atoms with Crippen molar-refractivity contribution in [1.82, 2.24) is 19.9 Å². The molecule has 0 radical (unpaired) electrons. The van der Waals surface area contributed by atoms with Gasteiger partial charge in [-0.05, 0) is 26.8 Å². The number of aromatic nitrogens is 2. The molecule has 0 N–H and O–H groups in total. The molecule has 29 heavy (non-hydrogen) atoms. The Morgan fingerprint density at radius 1 is 1.28 bits per heavy atom. The average Bonchev–Trinajstić information content (AvgIpc) is 3.14. The second kappa shape index (κ2) is 8.82. The van der Waals surface area contributed by atoms with Gasteiger partial charge in [0.05, 0.1) is 19.7 Å². The molecule has 158 valence electrons. The fraction of sp³-hybridized carbons (Fsp3) is 0.571. The third-order valence-corrected chi connectivity index (χ3v) is 4.80. The van der Waals surface area contributed by atoms with Gasteiger partial charge in [-0.1, -0.05) is 30.3 Å². The van der Waals surface area contributed by atoms with Crippen molar-refractivity contribution in [2.45, 2.75) is 52.3 Å². The van der Waals surface area contributed by atoms with Gasteiger partial charge in [-0.25, -0.2) is 4.79 Å². The van der Waals surface area contributed by atoms with Gasteiger partial charge < -0.3 is 18.9 Å². The van der Waals surface area contributed by atoms with E-state index in [0.29, 0.717) is 44.3 Å².